The summed E-state index contributed by atoms with van der Waals surface area (Å²) in [4.78, 5) is 24.0. The maximum absolute atomic E-state index is 12.3. The molecule has 0 aliphatic carbocycles. The second-order valence-corrected chi connectivity index (χ2v) is 6.18. The zero-order valence-electron chi connectivity index (χ0n) is 14.1. The van der Waals surface area contributed by atoms with Crippen molar-refractivity contribution in [3.8, 4) is 5.75 Å². The van der Waals surface area contributed by atoms with Gasteiger partial charge in [-0.05, 0) is 37.3 Å². The number of amides is 1. The molecule has 0 unspecified atom stereocenters. The number of hydrogen-bond donors (Lipinski definition) is 1. The number of aromatic amines is 1. The van der Waals surface area contributed by atoms with E-state index in [0.717, 1.165) is 35.6 Å². The Labute approximate surface area is 146 Å². The number of rotatable bonds is 2. The summed E-state index contributed by atoms with van der Waals surface area (Å²) in [7, 11) is 0. The van der Waals surface area contributed by atoms with Crippen molar-refractivity contribution in [1.29, 1.82) is 0 Å². The van der Waals surface area contributed by atoms with Gasteiger partial charge in [0.15, 0.2) is 0 Å². The van der Waals surface area contributed by atoms with Gasteiger partial charge in [-0.25, -0.2) is 9.78 Å². The van der Waals surface area contributed by atoms with E-state index in [1.165, 1.54) is 0 Å². The summed E-state index contributed by atoms with van der Waals surface area (Å²) in [5.41, 5.74) is 3.17. The number of carbonyl (C=O) groups excluding carboxylic acids is 1. The highest BCUT2D eigenvalue weighted by Crippen LogP contribution is 2.22. The van der Waals surface area contributed by atoms with Crippen molar-refractivity contribution >= 4 is 22.8 Å². The average Bonchev–Trinajstić information content (AvgIpc) is 3.02. The van der Waals surface area contributed by atoms with Gasteiger partial charge in [-0.3, -0.25) is 0 Å². The molecule has 4 rings (SSSR count). The minimum atomic E-state index is -0.287. The fourth-order valence-electron chi connectivity index (χ4n) is 3.12. The van der Waals surface area contributed by atoms with Crippen LogP contribution in [0, 0.1) is 6.92 Å². The Morgan fingerprint density at radius 1 is 1.08 bits per heavy atom. The van der Waals surface area contributed by atoms with Crippen LogP contribution in [0.15, 0.2) is 48.5 Å². The Hall–Kier alpha value is -3.02. The third-order valence-corrected chi connectivity index (χ3v) is 4.44. The lowest BCUT2D eigenvalue weighted by Crippen LogP contribution is -2.49. The zero-order valence-corrected chi connectivity index (χ0v) is 14.1. The van der Waals surface area contributed by atoms with E-state index in [1.54, 1.807) is 17.0 Å². The normalized spacial score (nSPS) is 14.8. The van der Waals surface area contributed by atoms with Crippen LogP contribution in [0.4, 0.5) is 10.5 Å². The van der Waals surface area contributed by atoms with Crippen LogP contribution in [-0.2, 0) is 0 Å². The highest BCUT2D eigenvalue weighted by molar-refractivity contribution is 5.80. The minimum absolute atomic E-state index is 0.287. The molecule has 2 heterocycles. The number of aromatic nitrogens is 2. The van der Waals surface area contributed by atoms with E-state index in [0.29, 0.717) is 18.8 Å². The Morgan fingerprint density at radius 2 is 1.84 bits per heavy atom. The van der Waals surface area contributed by atoms with Crippen molar-refractivity contribution in [3.63, 3.8) is 0 Å². The second-order valence-electron chi connectivity index (χ2n) is 6.18. The molecule has 0 saturated carbocycles. The SMILES string of the molecule is Cc1nc2ccc(N3CCN(C(=O)Oc4ccccc4)CC3)cc2[nH]1. The van der Waals surface area contributed by atoms with Crippen molar-refractivity contribution < 1.29 is 9.53 Å². The van der Waals surface area contributed by atoms with E-state index in [4.69, 9.17) is 4.74 Å². The summed E-state index contributed by atoms with van der Waals surface area (Å²) in [6.45, 7) is 4.80. The van der Waals surface area contributed by atoms with Crippen LogP contribution in [-0.4, -0.2) is 47.1 Å². The summed E-state index contributed by atoms with van der Waals surface area (Å²) < 4.78 is 5.41. The van der Waals surface area contributed by atoms with Crippen LogP contribution in [0.5, 0.6) is 5.75 Å². The minimum Gasteiger partial charge on any atom is -0.410 e. The number of anilines is 1. The first-order valence-electron chi connectivity index (χ1n) is 8.42. The number of piperazine rings is 1. The van der Waals surface area contributed by atoms with Crippen LogP contribution in [0.3, 0.4) is 0 Å². The van der Waals surface area contributed by atoms with Crippen LogP contribution in [0.1, 0.15) is 5.82 Å². The molecule has 1 saturated heterocycles. The average molecular weight is 336 g/mol. The molecule has 2 aromatic carbocycles. The smallest absolute Gasteiger partial charge is 0.410 e. The summed E-state index contributed by atoms with van der Waals surface area (Å²) in [5.74, 6) is 1.50. The summed E-state index contributed by atoms with van der Waals surface area (Å²) in [5, 5.41) is 0. The number of ether oxygens (including phenoxy) is 1. The number of nitrogens with zero attached hydrogens (tertiary/aromatic N) is 3. The molecule has 6 nitrogen and oxygen atoms in total. The molecule has 1 aromatic heterocycles. The number of aryl methyl sites for hydroxylation is 1. The van der Waals surface area contributed by atoms with E-state index in [1.807, 2.05) is 31.2 Å². The van der Waals surface area contributed by atoms with Gasteiger partial charge in [-0.1, -0.05) is 18.2 Å². The molecule has 3 aromatic rings. The molecule has 1 N–H and O–H groups in total. The Bertz CT molecular complexity index is 883. The lowest BCUT2D eigenvalue weighted by Gasteiger charge is -2.35. The fourth-order valence-corrected chi connectivity index (χ4v) is 3.12. The third-order valence-electron chi connectivity index (χ3n) is 4.44. The highest BCUT2D eigenvalue weighted by atomic mass is 16.6. The van der Waals surface area contributed by atoms with Crippen LogP contribution in [0.2, 0.25) is 0 Å². The molecule has 1 amide bonds. The van der Waals surface area contributed by atoms with Gasteiger partial charge in [-0.2, -0.15) is 0 Å². The number of carbonyl (C=O) groups is 1. The van der Waals surface area contributed by atoms with Gasteiger partial charge in [0.1, 0.15) is 11.6 Å². The van der Waals surface area contributed by atoms with Gasteiger partial charge in [0.05, 0.1) is 11.0 Å². The quantitative estimate of drug-likeness (QED) is 0.781. The zero-order chi connectivity index (χ0) is 17.2. The fraction of sp³-hybridized carbons (Fsp3) is 0.263. The standard InChI is InChI=1S/C19H20N4O2/c1-14-20-17-8-7-15(13-18(17)21-14)22-9-11-23(12-10-22)19(24)25-16-5-3-2-4-6-16/h2-8,13H,9-12H2,1H3,(H,20,21). The van der Waals surface area contributed by atoms with Gasteiger partial charge in [-0.15, -0.1) is 0 Å². The molecular weight excluding hydrogens is 316 g/mol. The second kappa shape index (κ2) is 6.47. The Kier molecular flexibility index (Phi) is 4.01. The first-order chi connectivity index (χ1) is 12.2. The molecule has 0 atom stereocenters. The topological polar surface area (TPSA) is 61.5 Å². The molecule has 1 aliphatic heterocycles. The number of nitrogens with one attached hydrogen (secondary N) is 1. The monoisotopic (exact) mass is 336 g/mol. The van der Waals surface area contributed by atoms with Crippen molar-refractivity contribution in [3.05, 3.63) is 54.4 Å². The number of fused-ring (bicyclic) bond motifs is 1. The largest absolute Gasteiger partial charge is 0.415 e. The van der Waals surface area contributed by atoms with E-state index in [2.05, 4.69) is 27.0 Å². The Balaban J connectivity index is 1.39. The number of imidazole rings is 1. The van der Waals surface area contributed by atoms with E-state index in [9.17, 15) is 4.79 Å². The van der Waals surface area contributed by atoms with Crippen molar-refractivity contribution in [1.82, 2.24) is 14.9 Å². The number of benzene rings is 2. The Morgan fingerprint density at radius 3 is 2.60 bits per heavy atom. The molecule has 0 spiro atoms. The molecule has 1 aliphatic rings. The molecule has 1 fully saturated rings. The van der Waals surface area contributed by atoms with E-state index >= 15 is 0 Å². The lowest BCUT2D eigenvalue weighted by atomic mass is 10.2. The maximum atomic E-state index is 12.3. The molecule has 0 bridgehead atoms. The van der Waals surface area contributed by atoms with Crippen molar-refractivity contribution in [2.24, 2.45) is 0 Å². The third kappa shape index (κ3) is 3.28. The van der Waals surface area contributed by atoms with Crippen molar-refractivity contribution in [2.75, 3.05) is 31.1 Å². The lowest BCUT2D eigenvalue weighted by molar-refractivity contribution is 0.149. The van der Waals surface area contributed by atoms with Gasteiger partial charge in [0, 0.05) is 31.9 Å². The summed E-state index contributed by atoms with van der Waals surface area (Å²) >= 11 is 0. The number of H-pyrrole nitrogens is 1. The highest BCUT2D eigenvalue weighted by Gasteiger charge is 2.23. The predicted octanol–water partition coefficient (Wildman–Crippen LogP) is 3.19. The first kappa shape index (κ1) is 15.5. The van der Waals surface area contributed by atoms with Crippen LogP contribution < -0.4 is 9.64 Å². The number of hydrogen-bond acceptors (Lipinski definition) is 4. The first-order valence-corrected chi connectivity index (χ1v) is 8.42. The van der Waals surface area contributed by atoms with Gasteiger partial charge in [0.2, 0.25) is 0 Å². The van der Waals surface area contributed by atoms with E-state index in [-0.39, 0.29) is 6.09 Å². The van der Waals surface area contributed by atoms with Gasteiger partial charge < -0.3 is 19.5 Å². The summed E-state index contributed by atoms with van der Waals surface area (Å²) in [6, 6.07) is 15.4. The van der Waals surface area contributed by atoms with Gasteiger partial charge in [0.25, 0.3) is 0 Å². The molecule has 128 valence electrons. The number of para-hydroxylation sites is 1. The summed E-state index contributed by atoms with van der Waals surface area (Å²) in [6.07, 6.45) is -0.287. The van der Waals surface area contributed by atoms with E-state index < -0.39 is 0 Å². The molecule has 25 heavy (non-hydrogen) atoms. The maximum Gasteiger partial charge on any atom is 0.415 e. The van der Waals surface area contributed by atoms with Crippen molar-refractivity contribution in [2.45, 2.75) is 6.92 Å². The van der Waals surface area contributed by atoms with Crippen LogP contribution in [0.25, 0.3) is 11.0 Å². The molecule has 6 heteroatoms. The molecular formula is C19H20N4O2. The predicted molar refractivity (Wildman–Crippen MR) is 97.1 cm³/mol. The van der Waals surface area contributed by atoms with Gasteiger partial charge >= 0.3 is 6.09 Å². The molecule has 0 radical (unpaired) electrons. The van der Waals surface area contributed by atoms with Crippen LogP contribution >= 0.6 is 0 Å².